The van der Waals surface area contributed by atoms with Crippen molar-refractivity contribution in [2.24, 2.45) is 5.73 Å². The molecule has 0 aromatic heterocycles. The molecule has 2 N–H and O–H groups in total. The number of nitrogens with two attached hydrogens (primary N) is 1. The maximum atomic E-state index is 12.4. The van der Waals surface area contributed by atoms with Gasteiger partial charge in [-0.2, -0.15) is 0 Å². The van der Waals surface area contributed by atoms with Crippen molar-refractivity contribution in [1.82, 2.24) is 4.90 Å². The molecule has 3 amide bonds. The van der Waals surface area contributed by atoms with E-state index in [2.05, 4.69) is 0 Å². The fourth-order valence-corrected chi connectivity index (χ4v) is 3.04. The Balaban J connectivity index is 2.25. The molecule has 1 aromatic rings. The minimum Gasteiger partial charge on any atom is -0.483 e. The summed E-state index contributed by atoms with van der Waals surface area (Å²) >= 11 is 6.63. The van der Waals surface area contributed by atoms with Gasteiger partial charge in [-0.15, -0.1) is 0 Å². The molecule has 1 aromatic carbocycles. The van der Waals surface area contributed by atoms with E-state index in [1.165, 1.54) is 18.2 Å². The molecule has 10 heteroatoms. The monoisotopic (exact) mass is 398 g/mol. The summed E-state index contributed by atoms with van der Waals surface area (Å²) in [5.41, 5.74) is 5.44. The molecule has 1 aliphatic rings. The molecule has 0 radical (unpaired) electrons. The lowest BCUT2D eigenvalue weighted by molar-refractivity contribution is -0.146. The lowest BCUT2D eigenvalue weighted by Crippen LogP contribution is -2.34. The molecular formula is C16H15ClN2O6S. The second-order valence-corrected chi connectivity index (χ2v) is 6.44. The first kappa shape index (κ1) is 19.8. The fourth-order valence-electron chi connectivity index (χ4n) is 2.03. The van der Waals surface area contributed by atoms with Crippen molar-refractivity contribution in [1.29, 1.82) is 0 Å². The number of ether oxygens (including phenoxy) is 2. The Morgan fingerprint density at radius 2 is 2.08 bits per heavy atom. The van der Waals surface area contributed by atoms with E-state index >= 15 is 0 Å². The summed E-state index contributed by atoms with van der Waals surface area (Å²) in [5, 5.41) is -0.218. The van der Waals surface area contributed by atoms with Gasteiger partial charge in [-0.1, -0.05) is 11.6 Å². The van der Waals surface area contributed by atoms with Crippen molar-refractivity contribution in [2.45, 2.75) is 6.92 Å². The van der Waals surface area contributed by atoms with Crippen molar-refractivity contribution in [3.05, 3.63) is 33.7 Å². The number of carbonyl (C=O) groups excluding carboxylic acids is 4. The topological polar surface area (TPSA) is 116 Å². The van der Waals surface area contributed by atoms with Gasteiger partial charge in [0.1, 0.15) is 12.3 Å². The number of esters is 1. The van der Waals surface area contributed by atoms with Gasteiger partial charge >= 0.3 is 5.97 Å². The number of halogens is 1. The van der Waals surface area contributed by atoms with Gasteiger partial charge in [-0.05, 0) is 43.0 Å². The van der Waals surface area contributed by atoms with Gasteiger partial charge in [0.05, 0.1) is 11.5 Å². The minimum atomic E-state index is -0.677. The van der Waals surface area contributed by atoms with Crippen LogP contribution in [0.5, 0.6) is 5.75 Å². The van der Waals surface area contributed by atoms with E-state index in [1.807, 2.05) is 0 Å². The molecular weight excluding hydrogens is 384 g/mol. The number of imide groups is 1. The maximum absolute atomic E-state index is 12.4. The number of hydrogen-bond donors (Lipinski definition) is 1. The summed E-state index contributed by atoms with van der Waals surface area (Å²) in [5.74, 6) is -1.70. The van der Waals surface area contributed by atoms with Crippen molar-refractivity contribution in [3.63, 3.8) is 0 Å². The van der Waals surface area contributed by atoms with Gasteiger partial charge in [0.2, 0.25) is 0 Å². The average Bonchev–Trinajstić information content (AvgIpc) is 2.82. The normalized spacial score (nSPS) is 15.5. The third-order valence-electron chi connectivity index (χ3n) is 3.09. The number of benzene rings is 1. The molecule has 26 heavy (non-hydrogen) atoms. The van der Waals surface area contributed by atoms with Crippen molar-refractivity contribution < 1.29 is 28.7 Å². The van der Waals surface area contributed by atoms with Crippen LogP contribution in [0.25, 0.3) is 6.08 Å². The summed E-state index contributed by atoms with van der Waals surface area (Å²) in [6, 6.07) is 4.57. The minimum absolute atomic E-state index is 0.0884. The number of nitrogens with zero attached hydrogens (tertiary/aromatic N) is 1. The zero-order valence-electron chi connectivity index (χ0n) is 13.7. The molecule has 0 spiro atoms. The van der Waals surface area contributed by atoms with Gasteiger partial charge in [0, 0.05) is 10.6 Å². The Bertz CT molecular complexity index is 795. The summed E-state index contributed by atoms with van der Waals surface area (Å²) in [6.45, 7) is 0.954. The van der Waals surface area contributed by atoms with Crippen LogP contribution in [-0.2, 0) is 19.1 Å². The number of carbonyl (C=O) groups is 4. The quantitative estimate of drug-likeness (QED) is 0.549. The largest absolute Gasteiger partial charge is 0.483 e. The molecule has 1 saturated heterocycles. The zero-order valence-corrected chi connectivity index (χ0v) is 15.3. The van der Waals surface area contributed by atoms with Crippen molar-refractivity contribution in [3.8, 4) is 5.75 Å². The maximum Gasteiger partial charge on any atom is 0.326 e. The second-order valence-electron chi connectivity index (χ2n) is 5.01. The Morgan fingerprint density at radius 3 is 2.73 bits per heavy atom. The summed E-state index contributed by atoms with van der Waals surface area (Å²) < 4.78 is 10.0. The van der Waals surface area contributed by atoms with E-state index in [0.717, 1.165) is 4.90 Å². The van der Waals surface area contributed by atoms with Crippen LogP contribution in [0.1, 0.15) is 12.5 Å². The first-order valence-corrected chi connectivity index (χ1v) is 8.63. The van der Waals surface area contributed by atoms with Gasteiger partial charge in [-0.25, -0.2) is 0 Å². The molecule has 0 saturated carbocycles. The van der Waals surface area contributed by atoms with Gasteiger partial charge in [0.25, 0.3) is 17.1 Å². The number of rotatable bonds is 7. The summed E-state index contributed by atoms with van der Waals surface area (Å²) in [4.78, 5) is 47.7. The molecule has 138 valence electrons. The number of thioether (sulfide) groups is 1. The lowest BCUT2D eigenvalue weighted by Gasteiger charge is -2.11. The number of amides is 3. The predicted octanol–water partition coefficient (Wildman–Crippen LogP) is 1.80. The first-order chi connectivity index (χ1) is 12.3. The average molecular weight is 399 g/mol. The van der Waals surface area contributed by atoms with E-state index in [0.29, 0.717) is 22.3 Å². The molecule has 2 rings (SSSR count). The van der Waals surface area contributed by atoms with Crippen LogP contribution in [-0.4, -0.2) is 47.7 Å². The first-order valence-electron chi connectivity index (χ1n) is 7.43. The Kier molecular flexibility index (Phi) is 6.64. The molecule has 0 unspecified atom stereocenters. The van der Waals surface area contributed by atoms with E-state index in [1.54, 1.807) is 13.0 Å². The second kappa shape index (κ2) is 8.72. The summed E-state index contributed by atoms with van der Waals surface area (Å²) in [6.07, 6.45) is 1.40. The van der Waals surface area contributed by atoms with Gasteiger partial charge in [0.15, 0.2) is 6.61 Å². The molecule has 1 heterocycles. The third-order valence-corrected chi connectivity index (χ3v) is 4.24. The van der Waals surface area contributed by atoms with Gasteiger partial charge < -0.3 is 15.2 Å². The van der Waals surface area contributed by atoms with Crippen LogP contribution in [0.4, 0.5) is 4.79 Å². The van der Waals surface area contributed by atoms with Crippen LogP contribution < -0.4 is 10.5 Å². The van der Waals surface area contributed by atoms with E-state index < -0.39 is 29.6 Å². The lowest BCUT2D eigenvalue weighted by atomic mass is 10.2. The van der Waals surface area contributed by atoms with Crippen LogP contribution >= 0.6 is 23.4 Å². The smallest absolute Gasteiger partial charge is 0.326 e. The highest BCUT2D eigenvalue weighted by Crippen LogP contribution is 2.34. The highest BCUT2D eigenvalue weighted by atomic mass is 35.5. The Hall–Kier alpha value is -2.52. The molecule has 0 aliphatic carbocycles. The van der Waals surface area contributed by atoms with E-state index in [-0.39, 0.29) is 23.9 Å². The van der Waals surface area contributed by atoms with Crippen molar-refractivity contribution >= 4 is 52.5 Å². The SMILES string of the molecule is CCOC(=O)CN1C(=O)S/C(=C\c2cc(Cl)ccc2OCC(N)=O)C1=O. The van der Waals surface area contributed by atoms with E-state index in [9.17, 15) is 19.2 Å². The predicted molar refractivity (Wildman–Crippen MR) is 95.5 cm³/mol. The number of hydrogen-bond acceptors (Lipinski definition) is 7. The molecule has 8 nitrogen and oxygen atoms in total. The zero-order chi connectivity index (χ0) is 19.3. The Labute approximate surface area is 158 Å². The standard InChI is InChI=1S/C16H15ClN2O6S/c1-2-24-14(21)7-19-15(22)12(26-16(19)23)6-9-5-10(17)3-4-11(9)25-8-13(18)20/h3-6H,2,7-8H2,1H3,(H2,18,20)/b12-6-. The van der Waals surface area contributed by atoms with Crippen molar-refractivity contribution in [2.75, 3.05) is 19.8 Å². The number of primary amides is 1. The fraction of sp³-hybridized carbons (Fsp3) is 0.250. The van der Waals surface area contributed by atoms with Crippen LogP contribution in [0.2, 0.25) is 5.02 Å². The molecule has 0 atom stereocenters. The third kappa shape index (κ3) is 4.99. The molecule has 0 bridgehead atoms. The van der Waals surface area contributed by atoms with Crippen LogP contribution in [0, 0.1) is 0 Å². The Morgan fingerprint density at radius 1 is 1.35 bits per heavy atom. The molecule has 1 aliphatic heterocycles. The van der Waals surface area contributed by atoms with Crippen LogP contribution in [0.3, 0.4) is 0 Å². The van der Waals surface area contributed by atoms with E-state index in [4.69, 9.17) is 26.8 Å². The molecule has 1 fully saturated rings. The van der Waals surface area contributed by atoms with Gasteiger partial charge in [-0.3, -0.25) is 24.1 Å². The highest BCUT2D eigenvalue weighted by molar-refractivity contribution is 8.18. The van der Waals surface area contributed by atoms with Crippen LogP contribution in [0.15, 0.2) is 23.1 Å². The summed E-state index contributed by atoms with van der Waals surface area (Å²) in [7, 11) is 0. The highest BCUT2D eigenvalue weighted by Gasteiger charge is 2.36.